The van der Waals surface area contributed by atoms with Crippen molar-refractivity contribution in [2.24, 2.45) is 0 Å². The van der Waals surface area contributed by atoms with E-state index >= 15 is 0 Å². The SMILES string of the molecule is COc1cccc2c1nc(N)n1nc([C@@H]3CCCN(c4cnn(CC5(O)CCC5)c4C)C3)nc21. The maximum absolute atomic E-state index is 10.6. The highest BCUT2D eigenvalue weighted by molar-refractivity contribution is 5.95. The molecule has 10 nitrogen and oxygen atoms in total. The number of fused-ring (bicyclic) bond motifs is 3. The molecule has 2 fully saturated rings. The molecule has 1 atom stereocenters. The van der Waals surface area contributed by atoms with E-state index in [2.05, 4.69) is 21.9 Å². The summed E-state index contributed by atoms with van der Waals surface area (Å²) >= 11 is 0. The zero-order chi connectivity index (χ0) is 23.4. The van der Waals surface area contributed by atoms with Crippen molar-refractivity contribution >= 4 is 28.2 Å². The standard InChI is InChI=1S/C24H30N8O2/c1-15-18(12-26-31(15)14-24(33)9-5-10-24)30-11-4-6-16(13-30)21-28-22-17-7-3-8-19(34-2)20(17)27-23(25)32(22)29-21/h3,7-8,12,16,33H,4-6,9-11,13-14H2,1-2H3,(H2,25,27)/t16-/m1/s1. The van der Waals surface area contributed by atoms with E-state index in [4.69, 9.17) is 20.6 Å². The van der Waals surface area contributed by atoms with Crippen LogP contribution in [0.2, 0.25) is 0 Å². The fourth-order valence-electron chi connectivity index (χ4n) is 5.31. The molecule has 0 amide bonds. The number of hydrogen-bond acceptors (Lipinski definition) is 8. The van der Waals surface area contributed by atoms with Crippen LogP contribution in [-0.4, -0.2) is 60.3 Å². The van der Waals surface area contributed by atoms with Gasteiger partial charge >= 0.3 is 0 Å². The van der Waals surface area contributed by atoms with Crippen LogP contribution in [0, 0.1) is 6.92 Å². The van der Waals surface area contributed by atoms with Gasteiger partial charge in [-0.1, -0.05) is 6.07 Å². The Balaban J connectivity index is 1.30. The first-order chi connectivity index (χ1) is 16.5. The Labute approximate surface area is 197 Å². The predicted octanol–water partition coefficient (Wildman–Crippen LogP) is 2.67. The minimum Gasteiger partial charge on any atom is -0.494 e. The summed E-state index contributed by atoms with van der Waals surface area (Å²) in [5.74, 6) is 1.92. The van der Waals surface area contributed by atoms with Gasteiger partial charge in [0.05, 0.1) is 36.8 Å². The molecule has 0 bridgehead atoms. The Hall–Kier alpha value is -3.40. The van der Waals surface area contributed by atoms with E-state index in [1.165, 1.54) is 0 Å². The van der Waals surface area contributed by atoms with E-state index in [0.717, 1.165) is 67.8 Å². The number of aliphatic hydroxyl groups is 1. The molecule has 1 saturated carbocycles. The largest absolute Gasteiger partial charge is 0.494 e. The number of ether oxygens (including phenoxy) is 1. The fourth-order valence-corrected chi connectivity index (χ4v) is 5.31. The molecule has 178 valence electrons. The van der Waals surface area contributed by atoms with Crippen LogP contribution in [0.15, 0.2) is 24.4 Å². The second kappa shape index (κ2) is 7.83. The summed E-state index contributed by atoms with van der Waals surface area (Å²) in [7, 11) is 1.62. The van der Waals surface area contributed by atoms with Crippen LogP contribution >= 0.6 is 0 Å². The lowest BCUT2D eigenvalue weighted by Gasteiger charge is -2.37. The quantitative estimate of drug-likeness (QED) is 0.465. The highest BCUT2D eigenvalue weighted by Crippen LogP contribution is 2.36. The molecule has 1 saturated heterocycles. The van der Waals surface area contributed by atoms with Gasteiger partial charge in [-0.2, -0.15) is 9.61 Å². The lowest BCUT2D eigenvalue weighted by molar-refractivity contribution is -0.0502. The van der Waals surface area contributed by atoms with E-state index in [0.29, 0.717) is 29.4 Å². The topological polar surface area (TPSA) is 120 Å². The van der Waals surface area contributed by atoms with Crippen LogP contribution in [0.4, 0.5) is 11.6 Å². The third-order valence-corrected chi connectivity index (χ3v) is 7.46. The van der Waals surface area contributed by atoms with Gasteiger partial charge in [0.25, 0.3) is 0 Å². The Kier molecular flexibility index (Phi) is 4.87. The molecule has 3 aromatic heterocycles. The van der Waals surface area contributed by atoms with Crippen LogP contribution in [0.1, 0.15) is 49.5 Å². The van der Waals surface area contributed by atoms with Gasteiger partial charge in [0.15, 0.2) is 11.5 Å². The van der Waals surface area contributed by atoms with Crippen LogP contribution < -0.4 is 15.4 Å². The maximum atomic E-state index is 10.6. The maximum Gasteiger partial charge on any atom is 0.223 e. The molecule has 0 spiro atoms. The summed E-state index contributed by atoms with van der Waals surface area (Å²) < 4.78 is 9.06. The van der Waals surface area contributed by atoms with Crippen molar-refractivity contribution in [3.8, 4) is 5.75 Å². The molecular formula is C24H30N8O2. The smallest absolute Gasteiger partial charge is 0.223 e. The minimum atomic E-state index is -0.599. The second-order valence-corrected chi connectivity index (χ2v) is 9.67. The van der Waals surface area contributed by atoms with Crippen LogP contribution in [0.25, 0.3) is 16.6 Å². The van der Waals surface area contributed by atoms with Crippen molar-refractivity contribution in [3.63, 3.8) is 0 Å². The van der Waals surface area contributed by atoms with Crippen LogP contribution in [0.3, 0.4) is 0 Å². The highest BCUT2D eigenvalue weighted by Gasteiger charge is 2.36. The molecule has 1 aliphatic carbocycles. The molecule has 4 aromatic rings. The number of nitrogens with two attached hydrogens (primary N) is 1. The van der Waals surface area contributed by atoms with Crippen molar-refractivity contribution in [1.82, 2.24) is 29.4 Å². The Morgan fingerprint density at radius 3 is 2.85 bits per heavy atom. The third-order valence-electron chi connectivity index (χ3n) is 7.46. The number of methoxy groups -OCH3 is 1. The van der Waals surface area contributed by atoms with Crippen LogP contribution in [-0.2, 0) is 6.54 Å². The molecule has 4 heterocycles. The Morgan fingerprint density at radius 1 is 1.24 bits per heavy atom. The molecule has 3 N–H and O–H groups in total. The summed E-state index contributed by atoms with van der Waals surface area (Å²) in [5, 5.41) is 20.8. The average molecular weight is 463 g/mol. The average Bonchev–Trinajstić information content (AvgIpc) is 3.43. The fraction of sp³-hybridized carbons (Fsp3) is 0.500. The van der Waals surface area contributed by atoms with E-state index in [-0.39, 0.29) is 5.92 Å². The van der Waals surface area contributed by atoms with Gasteiger partial charge in [0.1, 0.15) is 11.3 Å². The summed E-state index contributed by atoms with van der Waals surface area (Å²) in [6.45, 7) is 4.42. The molecule has 0 radical (unpaired) electrons. The van der Waals surface area contributed by atoms with Gasteiger partial charge in [-0.25, -0.2) is 9.97 Å². The van der Waals surface area contributed by atoms with E-state index in [9.17, 15) is 5.11 Å². The number of rotatable bonds is 5. The number of anilines is 2. The number of para-hydroxylation sites is 1. The minimum absolute atomic E-state index is 0.173. The number of nitrogens with zero attached hydrogens (tertiary/aromatic N) is 7. The lowest BCUT2D eigenvalue weighted by Crippen LogP contribution is -2.41. The van der Waals surface area contributed by atoms with Gasteiger partial charge in [-0.3, -0.25) is 4.68 Å². The molecule has 1 aromatic carbocycles. The van der Waals surface area contributed by atoms with E-state index in [1.54, 1.807) is 11.6 Å². The molecule has 0 unspecified atom stereocenters. The first-order valence-corrected chi connectivity index (χ1v) is 11.9. The number of benzene rings is 1. The van der Waals surface area contributed by atoms with Gasteiger partial charge < -0.3 is 20.5 Å². The zero-order valence-electron chi connectivity index (χ0n) is 19.6. The summed E-state index contributed by atoms with van der Waals surface area (Å²) in [5.41, 5.74) is 9.25. The molecule has 10 heteroatoms. The van der Waals surface area contributed by atoms with E-state index in [1.807, 2.05) is 29.1 Å². The monoisotopic (exact) mass is 462 g/mol. The van der Waals surface area contributed by atoms with Gasteiger partial charge in [-0.15, -0.1) is 5.10 Å². The molecule has 34 heavy (non-hydrogen) atoms. The number of aromatic nitrogens is 6. The number of hydrogen-bond donors (Lipinski definition) is 2. The van der Waals surface area contributed by atoms with Gasteiger partial charge in [0.2, 0.25) is 5.95 Å². The van der Waals surface area contributed by atoms with Crippen molar-refractivity contribution in [2.45, 2.75) is 57.1 Å². The normalized spacial score (nSPS) is 20.1. The molecule has 2 aliphatic rings. The Bertz CT molecular complexity index is 1370. The van der Waals surface area contributed by atoms with Crippen molar-refractivity contribution in [3.05, 3.63) is 35.9 Å². The highest BCUT2D eigenvalue weighted by atomic mass is 16.5. The summed E-state index contributed by atoms with van der Waals surface area (Å²) in [6, 6.07) is 5.77. The lowest BCUT2D eigenvalue weighted by atomic mass is 9.80. The zero-order valence-corrected chi connectivity index (χ0v) is 19.6. The number of nitrogen functional groups attached to an aromatic ring is 1. The van der Waals surface area contributed by atoms with Crippen molar-refractivity contribution < 1.29 is 9.84 Å². The van der Waals surface area contributed by atoms with Crippen molar-refractivity contribution in [2.75, 3.05) is 30.8 Å². The number of piperidine rings is 1. The first kappa shape index (κ1) is 21.2. The Morgan fingerprint density at radius 2 is 2.09 bits per heavy atom. The van der Waals surface area contributed by atoms with Gasteiger partial charge in [0, 0.05) is 24.4 Å². The molecule has 6 rings (SSSR count). The molecule has 1 aliphatic heterocycles. The van der Waals surface area contributed by atoms with Gasteiger partial charge in [-0.05, 0) is 51.2 Å². The first-order valence-electron chi connectivity index (χ1n) is 11.9. The molecular weight excluding hydrogens is 432 g/mol. The second-order valence-electron chi connectivity index (χ2n) is 9.67. The van der Waals surface area contributed by atoms with Crippen molar-refractivity contribution in [1.29, 1.82) is 0 Å². The predicted molar refractivity (Wildman–Crippen MR) is 129 cm³/mol. The summed E-state index contributed by atoms with van der Waals surface area (Å²) in [4.78, 5) is 11.8. The van der Waals surface area contributed by atoms with Crippen LogP contribution in [0.5, 0.6) is 5.75 Å². The summed E-state index contributed by atoms with van der Waals surface area (Å²) in [6.07, 6.45) is 6.77. The third kappa shape index (κ3) is 3.35. The van der Waals surface area contributed by atoms with E-state index < -0.39 is 5.60 Å².